The number of anilines is 1. The van der Waals surface area contributed by atoms with Crippen molar-refractivity contribution in [2.45, 2.75) is 38.1 Å². The molecule has 0 spiro atoms. The second-order valence-corrected chi connectivity index (χ2v) is 7.32. The second-order valence-electron chi connectivity index (χ2n) is 7.32. The summed E-state index contributed by atoms with van der Waals surface area (Å²) in [6, 6.07) is 12.0. The van der Waals surface area contributed by atoms with E-state index >= 15 is 0 Å². The number of hydrogen-bond acceptors (Lipinski definition) is 6. The highest BCUT2D eigenvalue weighted by Gasteiger charge is 2.26. The van der Waals surface area contributed by atoms with Crippen LogP contribution in [0.1, 0.15) is 32.1 Å². The Morgan fingerprint density at radius 3 is 2.86 bits per heavy atom. The molecule has 2 amide bonds. The summed E-state index contributed by atoms with van der Waals surface area (Å²) in [5.41, 5.74) is 5.29. The van der Waals surface area contributed by atoms with Gasteiger partial charge >= 0.3 is 0 Å². The average molecular weight is 392 g/mol. The molecule has 1 atom stereocenters. The van der Waals surface area contributed by atoms with Crippen molar-refractivity contribution in [3.8, 4) is 11.3 Å². The van der Waals surface area contributed by atoms with Crippen molar-refractivity contribution in [3.05, 3.63) is 42.6 Å². The summed E-state index contributed by atoms with van der Waals surface area (Å²) in [6.07, 6.45) is 4.67. The molecule has 2 aliphatic rings. The zero-order valence-corrected chi connectivity index (χ0v) is 16.2. The van der Waals surface area contributed by atoms with Gasteiger partial charge in [-0.2, -0.15) is 5.10 Å². The first-order valence-electron chi connectivity index (χ1n) is 9.94. The monoisotopic (exact) mass is 392 g/mol. The highest BCUT2D eigenvalue weighted by Crippen LogP contribution is 2.21. The molecule has 0 aliphatic carbocycles. The number of carbonyl (C=O) groups is 2. The van der Waals surface area contributed by atoms with E-state index in [4.69, 9.17) is 4.98 Å². The summed E-state index contributed by atoms with van der Waals surface area (Å²) in [4.78, 5) is 34.6. The first-order valence-corrected chi connectivity index (χ1v) is 9.94. The maximum absolute atomic E-state index is 12.3. The fourth-order valence-corrected chi connectivity index (χ4v) is 3.58. The third kappa shape index (κ3) is 4.96. The third-order valence-corrected chi connectivity index (χ3v) is 5.17. The Labute approximate surface area is 169 Å². The molecular formula is C21H24N6O2. The Morgan fingerprint density at radius 2 is 2.07 bits per heavy atom. The van der Waals surface area contributed by atoms with Crippen molar-refractivity contribution in [2.75, 3.05) is 18.0 Å². The van der Waals surface area contributed by atoms with Gasteiger partial charge in [0, 0.05) is 49.4 Å². The molecule has 2 aliphatic heterocycles. The molecule has 3 heterocycles. The molecule has 0 radical (unpaired) electrons. The summed E-state index contributed by atoms with van der Waals surface area (Å²) in [5, 5.41) is 7.11. The lowest BCUT2D eigenvalue weighted by atomic mass is 10.1. The fraction of sp³-hybridized carbons (Fsp3) is 0.381. The van der Waals surface area contributed by atoms with Crippen LogP contribution in [0.2, 0.25) is 0 Å². The normalized spacial score (nSPS) is 18.9. The van der Waals surface area contributed by atoms with Crippen molar-refractivity contribution in [1.82, 2.24) is 20.7 Å². The van der Waals surface area contributed by atoms with Gasteiger partial charge in [0.1, 0.15) is 0 Å². The van der Waals surface area contributed by atoms with Crippen LogP contribution in [0.4, 0.5) is 5.95 Å². The molecule has 2 N–H and O–H groups in total. The SMILES string of the molecule is O=C1CCC(CCC(=O)NC2CCN(c3nccc(-c4ccccc4)n3)C2)=NN1. The largest absolute Gasteiger partial charge is 0.352 e. The summed E-state index contributed by atoms with van der Waals surface area (Å²) in [5.74, 6) is 0.633. The Balaban J connectivity index is 1.29. The highest BCUT2D eigenvalue weighted by atomic mass is 16.2. The maximum atomic E-state index is 12.3. The van der Waals surface area contributed by atoms with Crippen LogP contribution in [0.25, 0.3) is 11.3 Å². The van der Waals surface area contributed by atoms with Crippen molar-refractivity contribution in [2.24, 2.45) is 5.10 Å². The predicted molar refractivity (Wildman–Crippen MR) is 110 cm³/mol. The summed E-state index contributed by atoms with van der Waals surface area (Å²) in [7, 11) is 0. The van der Waals surface area contributed by atoms with Crippen LogP contribution in [0.15, 0.2) is 47.7 Å². The van der Waals surface area contributed by atoms with Crippen LogP contribution in [0.5, 0.6) is 0 Å². The number of hydrogen-bond donors (Lipinski definition) is 2. The van der Waals surface area contributed by atoms with E-state index in [0.717, 1.165) is 29.9 Å². The molecule has 2 aromatic rings. The van der Waals surface area contributed by atoms with E-state index < -0.39 is 0 Å². The zero-order chi connectivity index (χ0) is 20.1. The lowest BCUT2D eigenvalue weighted by molar-refractivity contribution is -0.121. The highest BCUT2D eigenvalue weighted by molar-refractivity contribution is 5.94. The Kier molecular flexibility index (Phi) is 5.79. The quantitative estimate of drug-likeness (QED) is 0.782. The van der Waals surface area contributed by atoms with Crippen LogP contribution in [0.3, 0.4) is 0 Å². The molecule has 0 saturated carbocycles. The van der Waals surface area contributed by atoms with E-state index in [-0.39, 0.29) is 17.9 Å². The number of nitrogens with one attached hydrogen (secondary N) is 2. The summed E-state index contributed by atoms with van der Waals surface area (Å²) >= 11 is 0. The van der Waals surface area contributed by atoms with Gasteiger partial charge in [0.25, 0.3) is 0 Å². The van der Waals surface area contributed by atoms with Crippen LogP contribution >= 0.6 is 0 Å². The van der Waals surface area contributed by atoms with Crippen LogP contribution in [-0.2, 0) is 9.59 Å². The van der Waals surface area contributed by atoms with Gasteiger partial charge in [-0.1, -0.05) is 30.3 Å². The van der Waals surface area contributed by atoms with E-state index in [2.05, 4.69) is 25.7 Å². The number of benzene rings is 1. The lowest BCUT2D eigenvalue weighted by Gasteiger charge is -2.18. The molecular weight excluding hydrogens is 368 g/mol. The van der Waals surface area contributed by atoms with Crippen molar-refractivity contribution < 1.29 is 9.59 Å². The molecule has 1 saturated heterocycles. The molecule has 150 valence electrons. The smallest absolute Gasteiger partial charge is 0.240 e. The van der Waals surface area contributed by atoms with Crippen molar-refractivity contribution in [1.29, 1.82) is 0 Å². The Morgan fingerprint density at radius 1 is 1.21 bits per heavy atom. The molecule has 8 nitrogen and oxygen atoms in total. The Hall–Kier alpha value is -3.29. The fourth-order valence-electron chi connectivity index (χ4n) is 3.58. The molecule has 4 rings (SSSR count). The molecule has 1 unspecified atom stereocenters. The summed E-state index contributed by atoms with van der Waals surface area (Å²) in [6.45, 7) is 1.50. The minimum Gasteiger partial charge on any atom is -0.352 e. The van der Waals surface area contributed by atoms with Gasteiger partial charge in [0.05, 0.1) is 5.69 Å². The molecule has 8 heteroatoms. The van der Waals surface area contributed by atoms with E-state index in [1.165, 1.54) is 0 Å². The van der Waals surface area contributed by atoms with E-state index in [9.17, 15) is 9.59 Å². The molecule has 1 aromatic heterocycles. The average Bonchev–Trinajstić information content (AvgIpc) is 3.22. The van der Waals surface area contributed by atoms with E-state index in [1.807, 2.05) is 36.4 Å². The van der Waals surface area contributed by atoms with Crippen molar-refractivity contribution >= 4 is 23.5 Å². The molecule has 29 heavy (non-hydrogen) atoms. The first kappa shape index (κ1) is 19.0. The number of aromatic nitrogens is 2. The van der Waals surface area contributed by atoms with E-state index in [0.29, 0.717) is 38.2 Å². The standard InChI is InChI=1S/C21H24N6O2/c28-19(8-6-16-7-9-20(29)26-25-16)23-17-11-13-27(14-17)21-22-12-10-18(24-21)15-4-2-1-3-5-15/h1-5,10,12,17H,6-9,11,13-14H2,(H,23,28)(H,26,29). The van der Waals surface area contributed by atoms with Gasteiger partial charge < -0.3 is 10.2 Å². The van der Waals surface area contributed by atoms with Crippen molar-refractivity contribution in [3.63, 3.8) is 0 Å². The third-order valence-electron chi connectivity index (χ3n) is 5.17. The minimum atomic E-state index is -0.0669. The zero-order valence-electron chi connectivity index (χ0n) is 16.2. The molecule has 1 aromatic carbocycles. The number of nitrogens with zero attached hydrogens (tertiary/aromatic N) is 4. The van der Waals surface area contributed by atoms with Crippen LogP contribution in [-0.4, -0.2) is 46.6 Å². The second kappa shape index (κ2) is 8.81. The predicted octanol–water partition coefficient (Wildman–Crippen LogP) is 1.88. The molecule has 0 bridgehead atoms. The topological polar surface area (TPSA) is 99.6 Å². The molecule has 1 fully saturated rings. The van der Waals surface area contributed by atoms with Gasteiger partial charge in [-0.3, -0.25) is 9.59 Å². The first-order chi connectivity index (χ1) is 14.2. The lowest BCUT2D eigenvalue weighted by Crippen LogP contribution is -2.37. The maximum Gasteiger partial charge on any atom is 0.240 e. The van der Waals surface area contributed by atoms with Crippen LogP contribution < -0.4 is 15.6 Å². The van der Waals surface area contributed by atoms with Gasteiger partial charge in [0.2, 0.25) is 17.8 Å². The van der Waals surface area contributed by atoms with Gasteiger partial charge in [-0.05, 0) is 25.3 Å². The van der Waals surface area contributed by atoms with Gasteiger partial charge in [-0.25, -0.2) is 15.4 Å². The Bertz CT molecular complexity index is 914. The van der Waals surface area contributed by atoms with Gasteiger partial charge in [0.15, 0.2) is 0 Å². The number of amides is 2. The minimum absolute atomic E-state index is 0.00963. The van der Waals surface area contributed by atoms with Gasteiger partial charge in [-0.15, -0.1) is 0 Å². The number of carbonyl (C=O) groups excluding carboxylic acids is 2. The number of rotatable bonds is 6. The van der Waals surface area contributed by atoms with Crippen LogP contribution in [0, 0.1) is 0 Å². The summed E-state index contributed by atoms with van der Waals surface area (Å²) < 4.78 is 0. The van der Waals surface area contributed by atoms with E-state index in [1.54, 1.807) is 6.20 Å². The number of hydrazone groups is 1.